The molecule has 2 N–H and O–H groups in total. The topological polar surface area (TPSA) is 40.5 Å². The summed E-state index contributed by atoms with van der Waals surface area (Å²) in [5.74, 6) is 0. The number of allylic oxidation sites excluding steroid dienone is 8. The standard InChI is InChI=1S/2C12H11.2C3H8O.C2H4.Hf/c2*1-10-6-5-9-12(10)11-7-3-2-4-8-11;2*1-3(2)4;1-2;/h2*2-4,6-8H,9H2,1H3;2*3-4H,1-2H3;1-2H2;. The van der Waals surface area contributed by atoms with Crippen LogP contribution in [-0.2, 0) is 20.0 Å². The minimum atomic E-state index is -2.41. The molecule has 0 spiro atoms. The molecule has 1 fully saturated rings. The van der Waals surface area contributed by atoms with E-state index in [0.29, 0.717) is 0 Å². The van der Waals surface area contributed by atoms with E-state index >= 15 is 0 Å². The van der Waals surface area contributed by atoms with Crippen molar-refractivity contribution in [3.63, 3.8) is 0 Å². The Morgan fingerprint density at radius 3 is 1.20 bits per heavy atom. The summed E-state index contributed by atoms with van der Waals surface area (Å²) >= 11 is -2.41. The van der Waals surface area contributed by atoms with Crippen molar-refractivity contribution in [3.8, 4) is 0 Å². The normalized spacial score (nSPS) is 18.1. The third kappa shape index (κ3) is 7.35. The molecular weight excluding hydrogens is 595 g/mol. The van der Waals surface area contributed by atoms with Crippen LogP contribution in [0, 0.1) is 0 Å². The number of aliphatic hydroxyl groups is 2. The Bertz CT molecular complexity index is 1020. The monoisotopic (exact) mass is 638 g/mol. The van der Waals surface area contributed by atoms with Crippen LogP contribution < -0.4 is 0 Å². The predicted molar refractivity (Wildman–Crippen MR) is 148 cm³/mol. The molecule has 186 valence electrons. The Kier molecular flexibility index (Phi) is 9.86. The molecule has 0 radical (unpaired) electrons. The van der Waals surface area contributed by atoms with E-state index in [1.54, 1.807) is 38.8 Å². The van der Waals surface area contributed by atoms with Gasteiger partial charge >= 0.3 is 168 Å². The third-order valence-electron chi connectivity index (χ3n) is 6.69. The van der Waals surface area contributed by atoms with Gasteiger partial charge in [-0.1, -0.05) is 0 Å². The molecule has 2 aromatic carbocycles. The van der Waals surface area contributed by atoms with Crippen LogP contribution in [0.1, 0.15) is 65.5 Å². The van der Waals surface area contributed by atoms with Crippen molar-refractivity contribution >= 4 is 11.1 Å². The van der Waals surface area contributed by atoms with Crippen molar-refractivity contribution in [2.24, 2.45) is 0 Å². The molecule has 2 nitrogen and oxygen atoms in total. The van der Waals surface area contributed by atoms with Crippen molar-refractivity contribution in [2.45, 2.75) is 74.9 Å². The van der Waals surface area contributed by atoms with E-state index < -0.39 is 20.0 Å². The fourth-order valence-electron chi connectivity index (χ4n) is 4.99. The molecule has 35 heavy (non-hydrogen) atoms. The second-order valence-corrected chi connectivity index (χ2v) is 26.5. The van der Waals surface area contributed by atoms with E-state index in [1.807, 2.05) is 6.66 Å². The van der Waals surface area contributed by atoms with Gasteiger partial charge in [-0.2, -0.15) is 0 Å². The number of hydrogen-bond donors (Lipinski definition) is 2. The van der Waals surface area contributed by atoms with Gasteiger partial charge in [0.1, 0.15) is 0 Å². The zero-order valence-electron chi connectivity index (χ0n) is 22.3. The molecule has 1 saturated heterocycles. The molecule has 1 heterocycles. The van der Waals surface area contributed by atoms with Gasteiger partial charge in [0.25, 0.3) is 0 Å². The molecule has 2 aromatic rings. The van der Waals surface area contributed by atoms with Gasteiger partial charge in [-0.05, 0) is 27.7 Å². The first-order valence-corrected chi connectivity index (χ1v) is 21.6. The van der Waals surface area contributed by atoms with Crippen molar-refractivity contribution < 1.29 is 30.2 Å². The average molecular weight is 637 g/mol. The SMILES string of the molecule is CC(C)O.CC(C)O.CC1=C(c2ccccc2)C[C]([Hf]2([C]3=CC(C)=C(c4ccccc4)C3)[CH2][CH2]2)=C1. The number of rotatable bonds is 4. The van der Waals surface area contributed by atoms with Gasteiger partial charge in [0.15, 0.2) is 0 Å². The zero-order chi connectivity index (χ0) is 25.6. The van der Waals surface area contributed by atoms with Gasteiger partial charge in [-0.15, -0.1) is 0 Å². The summed E-state index contributed by atoms with van der Waals surface area (Å²) in [6.07, 6.45) is 7.28. The maximum atomic E-state index is 8.06. The second-order valence-electron chi connectivity index (χ2n) is 10.5. The Hall–Kier alpha value is -1.81. The molecular formula is C32H42HfO2. The first kappa shape index (κ1) is 27.8. The minimum absolute atomic E-state index is 0.167. The second kappa shape index (κ2) is 12.4. The summed E-state index contributed by atoms with van der Waals surface area (Å²) < 4.78 is 6.81. The molecule has 5 rings (SSSR count). The van der Waals surface area contributed by atoms with Crippen LogP contribution in [0.25, 0.3) is 11.1 Å². The Morgan fingerprint density at radius 1 is 0.600 bits per heavy atom. The number of benzene rings is 2. The molecule has 0 saturated carbocycles. The van der Waals surface area contributed by atoms with Gasteiger partial charge in [-0.25, -0.2) is 0 Å². The first-order valence-electron chi connectivity index (χ1n) is 12.9. The van der Waals surface area contributed by atoms with Crippen LogP contribution in [0.15, 0.2) is 90.6 Å². The van der Waals surface area contributed by atoms with E-state index in [9.17, 15) is 0 Å². The molecule has 2 aliphatic carbocycles. The summed E-state index contributed by atoms with van der Waals surface area (Å²) in [4.78, 5) is 0. The van der Waals surface area contributed by atoms with Crippen molar-refractivity contribution in [2.75, 3.05) is 0 Å². The fraction of sp³-hybridized carbons (Fsp3) is 0.375. The molecule has 3 aliphatic rings. The van der Waals surface area contributed by atoms with Crippen LogP contribution in [0.4, 0.5) is 0 Å². The molecule has 1 aliphatic heterocycles. The summed E-state index contributed by atoms with van der Waals surface area (Å²) in [5, 5.41) is 16.1. The van der Waals surface area contributed by atoms with Gasteiger partial charge in [-0.3, -0.25) is 0 Å². The third-order valence-corrected chi connectivity index (χ3v) is 23.2. The van der Waals surface area contributed by atoms with Crippen LogP contribution >= 0.6 is 0 Å². The van der Waals surface area contributed by atoms with Crippen LogP contribution in [0.3, 0.4) is 0 Å². The Morgan fingerprint density at radius 2 is 0.914 bits per heavy atom. The van der Waals surface area contributed by atoms with Crippen molar-refractivity contribution in [3.05, 3.63) is 102 Å². The quantitative estimate of drug-likeness (QED) is 0.332. The van der Waals surface area contributed by atoms with E-state index in [2.05, 4.69) is 86.7 Å². The van der Waals surface area contributed by atoms with E-state index in [0.717, 1.165) is 0 Å². The number of aliphatic hydroxyl groups excluding tert-OH is 2. The van der Waals surface area contributed by atoms with Crippen LogP contribution in [-0.4, -0.2) is 22.4 Å². The van der Waals surface area contributed by atoms with Gasteiger partial charge in [0.05, 0.1) is 0 Å². The zero-order valence-corrected chi connectivity index (χ0v) is 25.9. The predicted octanol–water partition coefficient (Wildman–Crippen LogP) is 8.29. The van der Waals surface area contributed by atoms with E-state index in [1.165, 1.54) is 43.5 Å². The summed E-state index contributed by atoms with van der Waals surface area (Å²) in [6.45, 7) is 11.5. The molecule has 0 atom stereocenters. The van der Waals surface area contributed by atoms with Gasteiger partial charge < -0.3 is 10.2 Å². The first-order chi connectivity index (χ1) is 16.6. The molecule has 0 unspecified atom stereocenters. The molecule has 0 bridgehead atoms. The maximum absolute atomic E-state index is 8.06. The fourth-order valence-corrected chi connectivity index (χ4v) is 26.6. The van der Waals surface area contributed by atoms with Crippen molar-refractivity contribution in [1.82, 2.24) is 0 Å². The summed E-state index contributed by atoms with van der Waals surface area (Å²) in [5.41, 5.74) is 9.00. The average Bonchev–Trinajstić information content (AvgIpc) is 3.38. The number of hydrogen-bond acceptors (Lipinski definition) is 2. The van der Waals surface area contributed by atoms with Gasteiger partial charge in [0, 0.05) is 12.2 Å². The Balaban J connectivity index is 0.000000376. The van der Waals surface area contributed by atoms with E-state index in [4.69, 9.17) is 10.2 Å². The summed E-state index contributed by atoms with van der Waals surface area (Å²) in [6, 6.07) is 22.0. The van der Waals surface area contributed by atoms with E-state index in [-0.39, 0.29) is 12.2 Å². The van der Waals surface area contributed by atoms with Crippen LogP contribution in [0.5, 0.6) is 0 Å². The Labute approximate surface area is 217 Å². The van der Waals surface area contributed by atoms with Crippen LogP contribution in [0.2, 0.25) is 8.35 Å². The molecule has 0 amide bonds. The van der Waals surface area contributed by atoms with Gasteiger partial charge in [0.2, 0.25) is 0 Å². The molecule has 0 aromatic heterocycles. The molecule has 3 heteroatoms. The van der Waals surface area contributed by atoms with Crippen molar-refractivity contribution in [1.29, 1.82) is 0 Å². The summed E-state index contributed by atoms with van der Waals surface area (Å²) in [7, 11) is 0.